The number of amides is 1. The van der Waals surface area contributed by atoms with Gasteiger partial charge < -0.3 is 14.7 Å². The molecule has 0 saturated heterocycles. The predicted molar refractivity (Wildman–Crippen MR) is 143 cm³/mol. The number of nitrogens with zero attached hydrogens (tertiary/aromatic N) is 4. The number of H-pyrrole nitrogens is 2. The smallest absolute Gasteiger partial charge is 0.224 e. The normalized spacial score (nSPS) is 11.9. The van der Waals surface area contributed by atoms with Gasteiger partial charge >= 0.3 is 0 Å². The molecule has 0 aliphatic heterocycles. The number of benzene rings is 1. The van der Waals surface area contributed by atoms with E-state index in [1.165, 1.54) is 0 Å². The van der Waals surface area contributed by atoms with E-state index in [1.54, 1.807) is 37.3 Å². The van der Waals surface area contributed by atoms with Crippen LogP contribution in [0.25, 0.3) is 55.7 Å². The van der Waals surface area contributed by atoms with Crippen LogP contribution < -0.4 is 5.32 Å². The molecular formula is C28H25N7O2. The molecule has 0 spiro atoms. The van der Waals surface area contributed by atoms with Gasteiger partial charge in [0.05, 0.1) is 41.6 Å². The van der Waals surface area contributed by atoms with Gasteiger partial charge in [-0.2, -0.15) is 5.10 Å². The van der Waals surface area contributed by atoms with Crippen LogP contribution in [0.5, 0.6) is 0 Å². The predicted octanol–water partition coefficient (Wildman–Crippen LogP) is 6.20. The first kappa shape index (κ1) is 22.7. The van der Waals surface area contributed by atoms with Crippen LogP contribution in [0.1, 0.15) is 27.2 Å². The molecule has 3 N–H and O–H groups in total. The van der Waals surface area contributed by atoms with E-state index >= 15 is 0 Å². The van der Waals surface area contributed by atoms with Crippen LogP contribution >= 0.6 is 0 Å². The van der Waals surface area contributed by atoms with Gasteiger partial charge in [-0.25, -0.2) is 4.98 Å². The number of carbonyl (C=O) groups excluding carboxylic acids is 1. The summed E-state index contributed by atoms with van der Waals surface area (Å²) in [4.78, 5) is 29.3. The highest BCUT2D eigenvalue weighted by Crippen LogP contribution is 2.33. The lowest BCUT2D eigenvalue weighted by molar-refractivity contribution is -0.117. The number of carbonyl (C=O) groups is 1. The van der Waals surface area contributed by atoms with Crippen LogP contribution in [0.15, 0.2) is 72.1 Å². The van der Waals surface area contributed by atoms with Crippen LogP contribution in [0.2, 0.25) is 0 Å². The standard InChI is InChI=1S/C28H25N7O2/c1-28(2,3)10-24(36)31-19-8-18(11-29-12-19)16-4-5-22-20(9-16)26(35-34-22)27-32-23-14-30-13-21(25(23)33-27)17-6-7-37-15-17/h4-9,11-15H,10H2,1-3H3,(H,31,36)(H,32,33)(H,34,35). The number of hydrogen-bond acceptors (Lipinski definition) is 6. The monoisotopic (exact) mass is 491 g/mol. The summed E-state index contributed by atoms with van der Waals surface area (Å²) < 4.78 is 5.25. The van der Waals surface area contributed by atoms with Crippen molar-refractivity contribution in [1.29, 1.82) is 0 Å². The van der Waals surface area contributed by atoms with Gasteiger partial charge in [-0.15, -0.1) is 0 Å². The molecular weight excluding hydrogens is 466 g/mol. The van der Waals surface area contributed by atoms with Crippen molar-refractivity contribution in [2.45, 2.75) is 27.2 Å². The number of anilines is 1. The molecule has 5 aromatic heterocycles. The summed E-state index contributed by atoms with van der Waals surface area (Å²) >= 11 is 0. The largest absolute Gasteiger partial charge is 0.472 e. The quantitative estimate of drug-likeness (QED) is 0.264. The minimum atomic E-state index is -0.0934. The minimum Gasteiger partial charge on any atom is -0.472 e. The van der Waals surface area contributed by atoms with Crippen LogP contribution in [0, 0.1) is 5.41 Å². The highest BCUT2D eigenvalue weighted by Gasteiger charge is 2.18. The third-order valence-corrected chi connectivity index (χ3v) is 6.06. The van der Waals surface area contributed by atoms with Crippen molar-refractivity contribution in [2.75, 3.05) is 5.32 Å². The topological polar surface area (TPSA) is 125 Å². The van der Waals surface area contributed by atoms with Crippen molar-refractivity contribution in [3.05, 3.63) is 67.6 Å². The zero-order valence-corrected chi connectivity index (χ0v) is 20.7. The molecule has 0 radical (unpaired) electrons. The molecule has 0 bridgehead atoms. The van der Waals surface area contributed by atoms with E-state index in [4.69, 9.17) is 9.40 Å². The lowest BCUT2D eigenvalue weighted by atomic mass is 9.92. The van der Waals surface area contributed by atoms with Crippen molar-refractivity contribution >= 4 is 33.5 Å². The Bertz CT molecular complexity index is 1740. The second-order valence-electron chi connectivity index (χ2n) is 10.3. The van der Waals surface area contributed by atoms with E-state index in [1.807, 2.05) is 51.1 Å². The summed E-state index contributed by atoms with van der Waals surface area (Å²) in [5.74, 6) is 0.602. The van der Waals surface area contributed by atoms with Crippen LogP contribution in [-0.2, 0) is 4.79 Å². The number of imidazole rings is 1. The van der Waals surface area contributed by atoms with Gasteiger partial charge in [0.25, 0.3) is 0 Å². The Hall–Kier alpha value is -4.79. The van der Waals surface area contributed by atoms with E-state index in [-0.39, 0.29) is 11.3 Å². The molecule has 9 nitrogen and oxygen atoms in total. The van der Waals surface area contributed by atoms with Crippen molar-refractivity contribution in [2.24, 2.45) is 5.41 Å². The molecule has 37 heavy (non-hydrogen) atoms. The fourth-order valence-corrected chi connectivity index (χ4v) is 4.40. The number of pyridine rings is 2. The lowest BCUT2D eigenvalue weighted by Crippen LogP contribution is -2.19. The van der Waals surface area contributed by atoms with Crippen molar-refractivity contribution < 1.29 is 9.21 Å². The van der Waals surface area contributed by atoms with Crippen molar-refractivity contribution in [3.8, 4) is 33.8 Å². The summed E-state index contributed by atoms with van der Waals surface area (Å²) in [6, 6.07) is 9.84. The molecule has 6 aromatic rings. The molecule has 1 aromatic carbocycles. The average molecular weight is 492 g/mol. The molecule has 0 saturated carbocycles. The van der Waals surface area contributed by atoms with Crippen LogP contribution in [0.4, 0.5) is 5.69 Å². The second kappa shape index (κ2) is 8.70. The molecule has 5 heterocycles. The van der Waals surface area contributed by atoms with E-state index < -0.39 is 0 Å². The lowest BCUT2D eigenvalue weighted by Gasteiger charge is -2.17. The van der Waals surface area contributed by atoms with Crippen LogP contribution in [0.3, 0.4) is 0 Å². The first-order valence-electron chi connectivity index (χ1n) is 11.9. The van der Waals surface area contributed by atoms with E-state index in [2.05, 4.69) is 30.5 Å². The number of furan rings is 1. The van der Waals surface area contributed by atoms with Crippen molar-refractivity contribution in [3.63, 3.8) is 0 Å². The van der Waals surface area contributed by atoms with E-state index in [9.17, 15) is 4.79 Å². The molecule has 6 rings (SSSR count). The van der Waals surface area contributed by atoms with Crippen LogP contribution in [-0.4, -0.2) is 36.0 Å². The van der Waals surface area contributed by atoms with Gasteiger partial charge in [0, 0.05) is 40.9 Å². The van der Waals surface area contributed by atoms with E-state index in [0.717, 1.165) is 44.2 Å². The number of fused-ring (bicyclic) bond motifs is 2. The van der Waals surface area contributed by atoms with Gasteiger partial charge in [-0.1, -0.05) is 26.8 Å². The maximum Gasteiger partial charge on any atom is 0.224 e. The number of nitrogens with one attached hydrogen (secondary N) is 3. The fourth-order valence-electron chi connectivity index (χ4n) is 4.40. The first-order chi connectivity index (χ1) is 17.8. The molecule has 0 unspecified atom stereocenters. The molecule has 0 atom stereocenters. The van der Waals surface area contributed by atoms with Gasteiger partial charge in [-0.05, 0) is 35.2 Å². The fraction of sp³-hybridized carbons (Fsp3) is 0.179. The molecule has 1 amide bonds. The zero-order chi connectivity index (χ0) is 25.6. The Morgan fingerprint density at radius 2 is 1.84 bits per heavy atom. The van der Waals surface area contributed by atoms with Crippen molar-refractivity contribution in [1.82, 2.24) is 30.1 Å². The summed E-state index contributed by atoms with van der Waals surface area (Å²) in [6.45, 7) is 6.11. The Kier molecular flexibility index (Phi) is 5.33. The number of aromatic amines is 2. The van der Waals surface area contributed by atoms with Gasteiger partial charge in [0.1, 0.15) is 11.2 Å². The maximum atomic E-state index is 12.4. The average Bonchev–Trinajstić information content (AvgIpc) is 3.61. The Morgan fingerprint density at radius 3 is 2.65 bits per heavy atom. The summed E-state index contributed by atoms with van der Waals surface area (Å²) in [5.41, 5.74) is 7.39. The van der Waals surface area contributed by atoms with E-state index in [0.29, 0.717) is 23.6 Å². The molecule has 184 valence electrons. The third kappa shape index (κ3) is 4.47. The molecule has 0 fully saturated rings. The summed E-state index contributed by atoms with van der Waals surface area (Å²) in [6.07, 6.45) is 10.7. The highest BCUT2D eigenvalue weighted by atomic mass is 16.3. The zero-order valence-electron chi connectivity index (χ0n) is 20.7. The SMILES string of the molecule is CC(C)(C)CC(=O)Nc1cncc(-c2ccc3[nH]nc(-c4nc5c(-c6ccoc6)cncc5[nH]4)c3c2)c1. The number of rotatable bonds is 5. The van der Waals surface area contributed by atoms with Gasteiger partial charge in [-0.3, -0.25) is 19.9 Å². The van der Waals surface area contributed by atoms with Gasteiger partial charge in [0.15, 0.2) is 5.82 Å². The molecule has 0 aliphatic rings. The minimum absolute atomic E-state index is 0.0341. The summed E-state index contributed by atoms with van der Waals surface area (Å²) in [5, 5.41) is 11.5. The second-order valence-corrected chi connectivity index (χ2v) is 10.3. The Balaban J connectivity index is 1.36. The highest BCUT2D eigenvalue weighted by molar-refractivity contribution is 5.98. The first-order valence-corrected chi connectivity index (χ1v) is 11.9. The summed E-state index contributed by atoms with van der Waals surface area (Å²) in [7, 11) is 0. The van der Waals surface area contributed by atoms with Gasteiger partial charge in [0.2, 0.25) is 5.91 Å². The number of aromatic nitrogens is 6. The molecule has 9 heteroatoms. The third-order valence-electron chi connectivity index (χ3n) is 6.06. The Labute approximate surface area is 212 Å². The number of hydrogen-bond donors (Lipinski definition) is 3. The maximum absolute atomic E-state index is 12.4. The molecule has 0 aliphatic carbocycles. The Morgan fingerprint density at radius 1 is 0.973 bits per heavy atom.